The van der Waals surface area contributed by atoms with Crippen molar-refractivity contribution in [3.05, 3.63) is 59.8 Å². The maximum absolute atomic E-state index is 8.93. The van der Waals surface area contributed by atoms with Crippen LogP contribution in [0.3, 0.4) is 0 Å². The Kier molecular flexibility index (Phi) is 5.14. The molecule has 0 bridgehead atoms. The molecule has 5 heteroatoms. The maximum atomic E-state index is 8.93. The molecule has 2 heterocycles. The summed E-state index contributed by atoms with van der Waals surface area (Å²) < 4.78 is 5.81. The number of rotatable bonds is 5. The molecule has 1 aliphatic heterocycles. The summed E-state index contributed by atoms with van der Waals surface area (Å²) in [5.41, 5.74) is 5.81. The van der Waals surface area contributed by atoms with Crippen LogP contribution in [-0.4, -0.2) is 30.8 Å². The summed E-state index contributed by atoms with van der Waals surface area (Å²) in [6.45, 7) is 6.79. The summed E-state index contributed by atoms with van der Waals surface area (Å²) >= 11 is 0. The number of aryl methyl sites for hydroxylation is 1. The van der Waals surface area contributed by atoms with Crippen LogP contribution in [0.1, 0.15) is 24.6 Å². The number of hydrogen-bond acceptors (Lipinski definition) is 5. The lowest BCUT2D eigenvalue weighted by Gasteiger charge is -2.21. The van der Waals surface area contributed by atoms with Crippen LogP contribution >= 0.6 is 0 Å². The van der Waals surface area contributed by atoms with E-state index in [0.29, 0.717) is 11.7 Å². The molecule has 0 radical (unpaired) electrons. The van der Waals surface area contributed by atoms with Crippen LogP contribution < -0.4 is 10.2 Å². The molecule has 5 nitrogen and oxygen atoms in total. The summed E-state index contributed by atoms with van der Waals surface area (Å²) in [7, 11) is 0. The Balaban J connectivity index is 1.62. The largest absolute Gasteiger partial charge is 0.377 e. The van der Waals surface area contributed by atoms with Gasteiger partial charge in [-0.2, -0.15) is 5.26 Å². The van der Waals surface area contributed by atoms with Gasteiger partial charge in [-0.1, -0.05) is 0 Å². The van der Waals surface area contributed by atoms with Gasteiger partial charge in [-0.25, -0.2) is 0 Å². The number of pyridine rings is 1. The number of hydrogen-bond donors (Lipinski definition) is 1. The lowest BCUT2D eigenvalue weighted by Crippen LogP contribution is -2.23. The number of ether oxygens (including phenoxy) is 1. The van der Waals surface area contributed by atoms with Crippen molar-refractivity contribution in [2.75, 3.05) is 29.9 Å². The first-order valence-electron chi connectivity index (χ1n) is 9.71. The molecule has 1 unspecified atom stereocenters. The average molecular weight is 372 g/mol. The van der Waals surface area contributed by atoms with Crippen molar-refractivity contribution in [3.8, 4) is 6.07 Å². The molecule has 1 saturated heterocycles. The van der Waals surface area contributed by atoms with E-state index in [1.54, 1.807) is 0 Å². The van der Waals surface area contributed by atoms with Gasteiger partial charge in [0.25, 0.3) is 0 Å². The van der Waals surface area contributed by atoms with Gasteiger partial charge >= 0.3 is 0 Å². The monoisotopic (exact) mass is 372 g/mol. The van der Waals surface area contributed by atoms with Crippen LogP contribution in [0.5, 0.6) is 0 Å². The Morgan fingerprint density at radius 2 is 1.96 bits per heavy atom. The lowest BCUT2D eigenvalue weighted by molar-refractivity contribution is 0.0788. The van der Waals surface area contributed by atoms with E-state index in [9.17, 15) is 0 Å². The van der Waals surface area contributed by atoms with E-state index in [2.05, 4.69) is 47.5 Å². The first-order chi connectivity index (χ1) is 13.7. The molecule has 142 valence electrons. The molecule has 1 aromatic heterocycles. The van der Waals surface area contributed by atoms with Gasteiger partial charge in [-0.05, 0) is 68.8 Å². The van der Waals surface area contributed by atoms with E-state index in [4.69, 9.17) is 15.0 Å². The number of fused-ring (bicyclic) bond motifs is 1. The fraction of sp³-hybridized carbons (Fsp3) is 0.304. The Labute approximate surface area is 165 Å². The van der Waals surface area contributed by atoms with Crippen molar-refractivity contribution in [3.63, 3.8) is 0 Å². The zero-order valence-corrected chi connectivity index (χ0v) is 16.3. The lowest BCUT2D eigenvalue weighted by atomic mass is 10.1. The molecule has 1 N–H and O–H groups in total. The van der Waals surface area contributed by atoms with Crippen molar-refractivity contribution in [2.24, 2.45) is 0 Å². The van der Waals surface area contributed by atoms with Crippen LogP contribution in [-0.2, 0) is 4.74 Å². The zero-order chi connectivity index (χ0) is 19.5. The van der Waals surface area contributed by atoms with Gasteiger partial charge < -0.3 is 15.0 Å². The van der Waals surface area contributed by atoms with E-state index in [1.165, 1.54) is 5.69 Å². The van der Waals surface area contributed by atoms with Crippen LogP contribution in [0.4, 0.5) is 17.1 Å². The predicted molar refractivity (Wildman–Crippen MR) is 113 cm³/mol. The molecular weight excluding hydrogens is 348 g/mol. The molecule has 0 amide bonds. The standard InChI is InChI=1S/C23H24N4O/c1-3-28-20-10-11-27(15-20)23-12-16(2)25-22-13-19(8-9-21(22)23)26-18-6-4-17(14-24)5-7-18/h4-9,12-13,20,26H,3,10-11,15H2,1-2H3. The van der Waals surface area contributed by atoms with Gasteiger partial charge in [-0.3, -0.25) is 4.98 Å². The summed E-state index contributed by atoms with van der Waals surface area (Å²) in [5, 5.41) is 13.5. The third kappa shape index (κ3) is 3.78. The van der Waals surface area contributed by atoms with Crippen LogP contribution in [0.2, 0.25) is 0 Å². The topological polar surface area (TPSA) is 61.2 Å². The normalized spacial score (nSPS) is 16.3. The van der Waals surface area contributed by atoms with Crippen molar-refractivity contribution in [1.29, 1.82) is 5.26 Å². The molecule has 28 heavy (non-hydrogen) atoms. The molecule has 0 spiro atoms. The van der Waals surface area contributed by atoms with Crippen LogP contribution in [0.15, 0.2) is 48.5 Å². The number of nitrogens with one attached hydrogen (secondary N) is 1. The highest BCUT2D eigenvalue weighted by molar-refractivity contribution is 5.94. The van der Waals surface area contributed by atoms with Gasteiger partial charge in [-0.15, -0.1) is 0 Å². The van der Waals surface area contributed by atoms with Gasteiger partial charge in [0.05, 0.1) is 23.3 Å². The van der Waals surface area contributed by atoms with E-state index < -0.39 is 0 Å². The smallest absolute Gasteiger partial charge is 0.0991 e. The van der Waals surface area contributed by atoms with Gasteiger partial charge in [0.1, 0.15) is 0 Å². The van der Waals surface area contributed by atoms with E-state index >= 15 is 0 Å². The molecule has 4 rings (SSSR count). The summed E-state index contributed by atoms with van der Waals surface area (Å²) in [6.07, 6.45) is 1.38. The Morgan fingerprint density at radius 1 is 1.18 bits per heavy atom. The molecule has 0 saturated carbocycles. The fourth-order valence-electron chi connectivity index (χ4n) is 3.79. The van der Waals surface area contributed by atoms with Crippen molar-refractivity contribution in [1.82, 2.24) is 4.98 Å². The third-order valence-corrected chi connectivity index (χ3v) is 5.11. The highest BCUT2D eigenvalue weighted by Gasteiger charge is 2.24. The Hall–Kier alpha value is -3.10. The Bertz CT molecular complexity index is 1020. The van der Waals surface area contributed by atoms with Crippen molar-refractivity contribution >= 4 is 28.0 Å². The molecule has 0 aliphatic carbocycles. The molecule has 1 aliphatic rings. The fourth-order valence-corrected chi connectivity index (χ4v) is 3.79. The SMILES string of the molecule is CCOC1CCN(c2cc(C)nc3cc(Nc4ccc(C#N)cc4)ccc23)C1. The van der Waals surface area contributed by atoms with Crippen molar-refractivity contribution < 1.29 is 4.74 Å². The summed E-state index contributed by atoms with van der Waals surface area (Å²) in [5.74, 6) is 0. The zero-order valence-electron chi connectivity index (χ0n) is 16.3. The predicted octanol–water partition coefficient (Wildman–Crippen LogP) is 4.77. The minimum atomic E-state index is 0.311. The van der Waals surface area contributed by atoms with Crippen molar-refractivity contribution in [2.45, 2.75) is 26.4 Å². The van der Waals surface area contributed by atoms with E-state index in [0.717, 1.165) is 54.1 Å². The highest BCUT2D eigenvalue weighted by atomic mass is 16.5. The van der Waals surface area contributed by atoms with E-state index in [-0.39, 0.29) is 0 Å². The maximum Gasteiger partial charge on any atom is 0.0991 e. The summed E-state index contributed by atoms with van der Waals surface area (Å²) in [4.78, 5) is 7.16. The second kappa shape index (κ2) is 7.87. The van der Waals surface area contributed by atoms with Gasteiger partial charge in [0.15, 0.2) is 0 Å². The van der Waals surface area contributed by atoms with Crippen LogP contribution in [0, 0.1) is 18.3 Å². The van der Waals surface area contributed by atoms with E-state index in [1.807, 2.05) is 31.2 Å². The van der Waals surface area contributed by atoms with Crippen LogP contribution in [0.25, 0.3) is 10.9 Å². The third-order valence-electron chi connectivity index (χ3n) is 5.11. The van der Waals surface area contributed by atoms with Gasteiger partial charge in [0.2, 0.25) is 0 Å². The Morgan fingerprint density at radius 3 is 2.71 bits per heavy atom. The molecule has 1 fully saturated rings. The first-order valence-corrected chi connectivity index (χ1v) is 9.71. The number of aromatic nitrogens is 1. The molecule has 3 aromatic rings. The minimum absolute atomic E-state index is 0.311. The molecular formula is C23H24N4O. The number of nitriles is 1. The number of benzene rings is 2. The minimum Gasteiger partial charge on any atom is -0.377 e. The quantitative estimate of drug-likeness (QED) is 0.699. The first kappa shape index (κ1) is 18.3. The van der Waals surface area contributed by atoms with Gasteiger partial charge in [0, 0.05) is 47.8 Å². The second-order valence-corrected chi connectivity index (χ2v) is 7.14. The average Bonchev–Trinajstić information content (AvgIpc) is 3.16. The highest BCUT2D eigenvalue weighted by Crippen LogP contribution is 2.32. The summed E-state index contributed by atoms with van der Waals surface area (Å²) in [6, 6.07) is 18.1. The molecule has 1 atom stereocenters. The number of nitrogens with zero attached hydrogens (tertiary/aromatic N) is 3. The number of anilines is 3. The molecule has 2 aromatic carbocycles. The second-order valence-electron chi connectivity index (χ2n) is 7.14.